The molecule has 90 valence electrons. The van der Waals surface area contributed by atoms with E-state index in [1.165, 1.54) is 12.0 Å². The summed E-state index contributed by atoms with van der Waals surface area (Å²) in [6.45, 7) is 1.06. The maximum absolute atomic E-state index is 11.9. The number of benzene rings is 1. The summed E-state index contributed by atoms with van der Waals surface area (Å²) in [6.07, 6.45) is -0.453. The molecule has 0 radical (unpaired) electrons. The first-order chi connectivity index (χ1) is 8.22. The van der Waals surface area contributed by atoms with Gasteiger partial charge >= 0.3 is 6.09 Å². The molecule has 5 nitrogen and oxygen atoms in total. The van der Waals surface area contributed by atoms with Gasteiger partial charge in [0.1, 0.15) is 6.54 Å². The van der Waals surface area contributed by atoms with Crippen molar-refractivity contribution in [1.29, 1.82) is 0 Å². The minimum Gasteiger partial charge on any atom is -0.453 e. The highest BCUT2D eigenvalue weighted by atomic mass is 16.5. The van der Waals surface area contributed by atoms with Crippen LogP contribution in [0.25, 0.3) is 0 Å². The van der Waals surface area contributed by atoms with Crippen LogP contribution in [0.5, 0.6) is 0 Å². The second kappa shape index (κ2) is 4.86. The van der Waals surface area contributed by atoms with E-state index in [-0.39, 0.29) is 12.5 Å². The Morgan fingerprint density at radius 3 is 2.53 bits per heavy atom. The highest BCUT2D eigenvalue weighted by Gasteiger charge is 2.28. The van der Waals surface area contributed by atoms with Crippen LogP contribution in [0.3, 0.4) is 0 Å². The molecule has 17 heavy (non-hydrogen) atoms. The fourth-order valence-corrected chi connectivity index (χ4v) is 1.84. The Bertz CT molecular complexity index is 419. The molecule has 0 spiro atoms. The van der Waals surface area contributed by atoms with Gasteiger partial charge in [0.05, 0.1) is 7.11 Å². The molecule has 0 aliphatic carbocycles. The molecule has 1 fully saturated rings. The smallest absolute Gasteiger partial charge is 0.410 e. The van der Waals surface area contributed by atoms with Gasteiger partial charge in [-0.3, -0.25) is 9.69 Å². The minimum atomic E-state index is -0.453. The number of hydrogen-bond acceptors (Lipinski definition) is 3. The fourth-order valence-electron chi connectivity index (χ4n) is 1.84. The minimum absolute atomic E-state index is 0.0710. The summed E-state index contributed by atoms with van der Waals surface area (Å²) in [5, 5.41) is 0. The number of hydrogen-bond donors (Lipinski definition) is 0. The molecule has 0 atom stereocenters. The molecule has 5 heteroatoms. The van der Waals surface area contributed by atoms with E-state index in [4.69, 9.17) is 0 Å². The highest BCUT2D eigenvalue weighted by molar-refractivity contribution is 5.97. The van der Waals surface area contributed by atoms with Crippen LogP contribution in [0.15, 0.2) is 30.3 Å². The van der Waals surface area contributed by atoms with Crippen molar-refractivity contribution in [3.05, 3.63) is 30.3 Å². The Balaban J connectivity index is 2.07. The van der Waals surface area contributed by atoms with Crippen LogP contribution in [0.4, 0.5) is 10.5 Å². The number of rotatable bonds is 1. The van der Waals surface area contributed by atoms with Gasteiger partial charge in [-0.2, -0.15) is 0 Å². The monoisotopic (exact) mass is 234 g/mol. The van der Waals surface area contributed by atoms with Crippen molar-refractivity contribution < 1.29 is 14.3 Å². The molecule has 2 rings (SSSR count). The lowest BCUT2D eigenvalue weighted by Gasteiger charge is -2.33. The molecule has 0 saturated carbocycles. The summed E-state index contributed by atoms with van der Waals surface area (Å²) in [7, 11) is 1.32. The third-order valence-corrected chi connectivity index (χ3v) is 2.72. The normalized spacial score (nSPS) is 15.9. The molecule has 1 saturated heterocycles. The van der Waals surface area contributed by atoms with Gasteiger partial charge in [0, 0.05) is 18.8 Å². The molecule has 0 bridgehead atoms. The van der Waals surface area contributed by atoms with Crippen molar-refractivity contribution in [3.8, 4) is 0 Å². The lowest BCUT2D eigenvalue weighted by Crippen LogP contribution is -2.52. The van der Waals surface area contributed by atoms with Crippen LogP contribution in [-0.2, 0) is 9.53 Å². The van der Waals surface area contributed by atoms with Crippen LogP contribution >= 0.6 is 0 Å². The number of anilines is 1. The molecule has 1 aromatic rings. The molecule has 1 aromatic carbocycles. The molecule has 0 unspecified atom stereocenters. The Morgan fingerprint density at radius 1 is 1.24 bits per heavy atom. The number of carbonyl (C=O) groups is 2. The lowest BCUT2D eigenvalue weighted by molar-refractivity contribution is -0.120. The molecular weight excluding hydrogens is 220 g/mol. The van der Waals surface area contributed by atoms with Gasteiger partial charge in [0.15, 0.2) is 0 Å². The zero-order chi connectivity index (χ0) is 12.3. The summed E-state index contributed by atoms with van der Waals surface area (Å²) >= 11 is 0. The molecule has 1 heterocycles. The van der Waals surface area contributed by atoms with Gasteiger partial charge in [0.25, 0.3) is 0 Å². The Morgan fingerprint density at radius 2 is 1.94 bits per heavy atom. The Hall–Kier alpha value is -2.04. The molecule has 2 amide bonds. The standard InChI is InChI=1S/C12H14N2O3/c1-17-12(16)13-7-8-14(11(15)9-13)10-5-3-2-4-6-10/h2-6H,7-9H2,1H3. The van der Waals surface area contributed by atoms with E-state index >= 15 is 0 Å². The molecule has 0 N–H and O–H groups in total. The highest BCUT2D eigenvalue weighted by Crippen LogP contribution is 2.16. The second-order valence-corrected chi connectivity index (χ2v) is 3.77. The lowest BCUT2D eigenvalue weighted by atomic mass is 10.2. The number of para-hydroxylation sites is 1. The number of nitrogens with zero attached hydrogens (tertiary/aromatic N) is 2. The molecule has 0 aromatic heterocycles. The van der Waals surface area contributed by atoms with Crippen molar-refractivity contribution in [2.75, 3.05) is 31.6 Å². The Labute approximate surface area is 99.6 Å². The van der Waals surface area contributed by atoms with Crippen molar-refractivity contribution in [1.82, 2.24) is 4.90 Å². The van der Waals surface area contributed by atoms with E-state index < -0.39 is 6.09 Å². The predicted octanol–water partition coefficient (Wildman–Crippen LogP) is 1.10. The van der Waals surface area contributed by atoms with Crippen LogP contribution in [0.2, 0.25) is 0 Å². The van der Waals surface area contributed by atoms with Gasteiger partial charge in [0.2, 0.25) is 5.91 Å². The summed E-state index contributed by atoms with van der Waals surface area (Å²) in [5.74, 6) is -0.0900. The van der Waals surface area contributed by atoms with Crippen LogP contribution in [0, 0.1) is 0 Å². The van der Waals surface area contributed by atoms with Gasteiger partial charge < -0.3 is 9.64 Å². The van der Waals surface area contributed by atoms with Gasteiger partial charge in [-0.1, -0.05) is 18.2 Å². The number of ether oxygens (including phenoxy) is 1. The fraction of sp³-hybridized carbons (Fsp3) is 0.333. The van der Waals surface area contributed by atoms with E-state index in [9.17, 15) is 9.59 Å². The average molecular weight is 234 g/mol. The summed E-state index contributed by atoms with van der Waals surface area (Å²) in [6, 6.07) is 9.43. The van der Waals surface area contributed by atoms with Crippen molar-refractivity contribution in [2.24, 2.45) is 0 Å². The summed E-state index contributed by atoms with van der Waals surface area (Å²) in [5.41, 5.74) is 0.863. The number of amides is 2. The maximum Gasteiger partial charge on any atom is 0.410 e. The summed E-state index contributed by atoms with van der Waals surface area (Å²) in [4.78, 5) is 26.3. The van der Waals surface area contributed by atoms with Crippen molar-refractivity contribution in [2.45, 2.75) is 0 Å². The first kappa shape index (κ1) is 11.4. The molecule has 1 aliphatic heterocycles. The average Bonchev–Trinajstić information content (AvgIpc) is 2.38. The van der Waals surface area contributed by atoms with E-state index in [1.54, 1.807) is 4.90 Å². The SMILES string of the molecule is COC(=O)N1CCN(c2ccccc2)C(=O)C1. The largest absolute Gasteiger partial charge is 0.453 e. The predicted molar refractivity (Wildman–Crippen MR) is 62.8 cm³/mol. The first-order valence-electron chi connectivity index (χ1n) is 5.40. The second-order valence-electron chi connectivity index (χ2n) is 3.77. The van der Waals surface area contributed by atoms with E-state index in [0.717, 1.165) is 5.69 Å². The molecule has 1 aliphatic rings. The zero-order valence-corrected chi connectivity index (χ0v) is 9.63. The van der Waals surface area contributed by atoms with Crippen molar-refractivity contribution >= 4 is 17.7 Å². The number of methoxy groups -OCH3 is 1. The van der Waals surface area contributed by atoms with E-state index in [0.29, 0.717) is 13.1 Å². The van der Waals surface area contributed by atoms with Gasteiger partial charge in [-0.05, 0) is 12.1 Å². The number of carbonyl (C=O) groups excluding carboxylic acids is 2. The van der Waals surface area contributed by atoms with Crippen LogP contribution in [-0.4, -0.2) is 43.6 Å². The number of piperazine rings is 1. The van der Waals surface area contributed by atoms with E-state index in [2.05, 4.69) is 4.74 Å². The first-order valence-corrected chi connectivity index (χ1v) is 5.40. The zero-order valence-electron chi connectivity index (χ0n) is 9.63. The maximum atomic E-state index is 11.9. The third kappa shape index (κ3) is 2.38. The van der Waals surface area contributed by atoms with Crippen LogP contribution < -0.4 is 4.90 Å². The van der Waals surface area contributed by atoms with Gasteiger partial charge in [-0.15, -0.1) is 0 Å². The quantitative estimate of drug-likeness (QED) is 0.731. The third-order valence-electron chi connectivity index (χ3n) is 2.72. The van der Waals surface area contributed by atoms with Crippen LogP contribution in [0.1, 0.15) is 0 Å². The van der Waals surface area contributed by atoms with Crippen molar-refractivity contribution in [3.63, 3.8) is 0 Å². The molecular formula is C12H14N2O3. The van der Waals surface area contributed by atoms with Gasteiger partial charge in [-0.25, -0.2) is 4.79 Å². The Kier molecular flexibility index (Phi) is 3.27. The topological polar surface area (TPSA) is 49.9 Å². The van der Waals surface area contributed by atoms with E-state index in [1.807, 2.05) is 30.3 Å². The summed E-state index contributed by atoms with van der Waals surface area (Å²) < 4.78 is 4.60.